The number of ether oxygens (including phenoxy) is 1. The topological polar surface area (TPSA) is 51.2 Å². The molecule has 0 radical (unpaired) electrons. The number of nitrogens with zero attached hydrogens (tertiary/aromatic N) is 1. The fourth-order valence-electron chi connectivity index (χ4n) is 3.04. The van der Waals surface area contributed by atoms with Crippen LogP contribution in [-0.4, -0.2) is 23.5 Å². The van der Waals surface area contributed by atoms with Gasteiger partial charge in [0.2, 0.25) is 0 Å². The Balaban J connectivity index is 1.48. The van der Waals surface area contributed by atoms with E-state index in [1.54, 1.807) is 0 Å². The Morgan fingerprint density at radius 2 is 2.09 bits per heavy atom. The van der Waals surface area contributed by atoms with Crippen molar-refractivity contribution in [2.75, 3.05) is 6.54 Å². The van der Waals surface area contributed by atoms with E-state index >= 15 is 0 Å². The summed E-state index contributed by atoms with van der Waals surface area (Å²) in [5.74, 6) is 0.313. The van der Waals surface area contributed by atoms with Crippen molar-refractivity contribution >= 4 is 5.97 Å². The van der Waals surface area contributed by atoms with Gasteiger partial charge in [-0.2, -0.15) is 0 Å². The highest BCUT2D eigenvalue weighted by molar-refractivity contribution is 5.76. The molecule has 1 aliphatic rings. The quantitative estimate of drug-likeness (QED) is 0.863. The van der Waals surface area contributed by atoms with Gasteiger partial charge in [0.25, 0.3) is 0 Å². The Kier molecular flexibility index (Phi) is 5.03. The molecule has 0 bridgehead atoms. The summed E-state index contributed by atoms with van der Waals surface area (Å²) in [4.78, 5) is 16.4. The SMILES string of the molecule is Cc1cc(C[C@@H]2CN[C@@H](C(=O)OCc3ccccc3)C2)ccn1. The van der Waals surface area contributed by atoms with Gasteiger partial charge in [-0.25, -0.2) is 0 Å². The molecule has 1 saturated heterocycles. The first-order chi connectivity index (χ1) is 11.2. The number of aryl methyl sites for hydroxylation is 1. The van der Waals surface area contributed by atoms with E-state index in [0.717, 1.165) is 30.6 Å². The van der Waals surface area contributed by atoms with E-state index in [-0.39, 0.29) is 12.0 Å². The summed E-state index contributed by atoms with van der Waals surface area (Å²) in [5, 5.41) is 3.29. The van der Waals surface area contributed by atoms with E-state index < -0.39 is 0 Å². The van der Waals surface area contributed by atoms with Crippen molar-refractivity contribution in [2.24, 2.45) is 5.92 Å². The van der Waals surface area contributed by atoms with Gasteiger partial charge < -0.3 is 10.1 Å². The van der Waals surface area contributed by atoms with Crippen molar-refractivity contribution in [1.82, 2.24) is 10.3 Å². The van der Waals surface area contributed by atoms with Crippen LogP contribution >= 0.6 is 0 Å². The van der Waals surface area contributed by atoms with Gasteiger partial charge in [-0.1, -0.05) is 30.3 Å². The van der Waals surface area contributed by atoms with Crippen molar-refractivity contribution in [3.8, 4) is 0 Å². The first-order valence-electron chi connectivity index (χ1n) is 8.06. The number of pyridine rings is 1. The minimum Gasteiger partial charge on any atom is -0.460 e. The normalized spacial score (nSPS) is 20.4. The molecule has 0 amide bonds. The van der Waals surface area contributed by atoms with E-state index in [1.165, 1.54) is 5.56 Å². The molecule has 23 heavy (non-hydrogen) atoms. The molecule has 1 aromatic heterocycles. The Bertz CT molecular complexity index is 657. The number of nitrogens with one attached hydrogen (secondary N) is 1. The van der Waals surface area contributed by atoms with Crippen LogP contribution in [0.2, 0.25) is 0 Å². The number of aromatic nitrogens is 1. The molecule has 0 aliphatic carbocycles. The van der Waals surface area contributed by atoms with Gasteiger partial charge >= 0.3 is 5.97 Å². The summed E-state index contributed by atoms with van der Waals surface area (Å²) in [6.45, 7) is 3.19. The second-order valence-corrected chi connectivity index (χ2v) is 6.17. The molecule has 0 unspecified atom stereocenters. The molecule has 2 heterocycles. The average Bonchev–Trinajstić information content (AvgIpc) is 3.02. The van der Waals surface area contributed by atoms with Crippen LogP contribution in [-0.2, 0) is 22.6 Å². The lowest BCUT2D eigenvalue weighted by Crippen LogP contribution is -2.32. The number of carbonyl (C=O) groups excluding carboxylic acids is 1. The number of hydrogen-bond acceptors (Lipinski definition) is 4. The van der Waals surface area contributed by atoms with Gasteiger partial charge in [0.05, 0.1) is 0 Å². The predicted molar refractivity (Wildman–Crippen MR) is 88.8 cm³/mol. The van der Waals surface area contributed by atoms with Crippen molar-refractivity contribution in [1.29, 1.82) is 0 Å². The fraction of sp³-hybridized carbons (Fsp3) is 0.368. The van der Waals surface area contributed by atoms with Crippen LogP contribution in [0.4, 0.5) is 0 Å². The number of esters is 1. The number of carbonyl (C=O) groups is 1. The van der Waals surface area contributed by atoms with Gasteiger partial charge in [-0.15, -0.1) is 0 Å². The Hall–Kier alpha value is -2.20. The van der Waals surface area contributed by atoms with E-state index in [0.29, 0.717) is 12.5 Å². The molecule has 1 aliphatic heterocycles. The Morgan fingerprint density at radius 1 is 1.26 bits per heavy atom. The highest BCUT2D eigenvalue weighted by Gasteiger charge is 2.30. The van der Waals surface area contributed by atoms with E-state index in [4.69, 9.17) is 4.74 Å². The van der Waals surface area contributed by atoms with Crippen LogP contribution in [0.5, 0.6) is 0 Å². The molecule has 0 spiro atoms. The molecule has 3 rings (SSSR count). The monoisotopic (exact) mass is 310 g/mol. The van der Waals surface area contributed by atoms with Crippen LogP contribution < -0.4 is 5.32 Å². The van der Waals surface area contributed by atoms with Crippen molar-refractivity contribution in [3.05, 3.63) is 65.5 Å². The van der Waals surface area contributed by atoms with Crippen LogP contribution in [0.1, 0.15) is 23.2 Å². The summed E-state index contributed by atoms with van der Waals surface area (Å²) in [6.07, 6.45) is 3.65. The van der Waals surface area contributed by atoms with Gasteiger partial charge in [0, 0.05) is 11.9 Å². The van der Waals surface area contributed by atoms with Crippen molar-refractivity contribution in [2.45, 2.75) is 32.4 Å². The zero-order chi connectivity index (χ0) is 16.1. The summed E-state index contributed by atoms with van der Waals surface area (Å²) < 4.78 is 5.42. The molecular weight excluding hydrogens is 288 g/mol. The smallest absolute Gasteiger partial charge is 0.323 e. The second-order valence-electron chi connectivity index (χ2n) is 6.17. The van der Waals surface area contributed by atoms with Crippen molar-refractivity contribution < 1.29 is 9.53 Å². The summed E-state index contributed by atoms with van der Waals surface area (Å²) >= 11 is 0. The molecule has 2 atom stereocenters. The minimum absolute atomic E-state index is 0.151. The summed E-state index contributed by atoms with van der Waals surface area (Å²) in [5.41, 5.74) is 3.33. The molecule has 1 N–H and O–H groups in total. The van der Waals surface area contributed by atoms with Gasteiger partial charge in [-0.3, -0.25) is 9.78 Å². The highest BCUT2D eigenvalue weighted by atomic mass is 16.5. The van der Waals surface area contributed by atoms with Crippen LogP contribution in [0, 0.1) is 12.8 Å². The maximum atomic E-state index is 12.2. The zero-order valence-corrected chi connectivity index (χ0v) is 13.4. The zero-order valence-electron chi connectivity index (χ0n) is 13.4. The third-order valence-corrected chi connectivity index (χ3v) is 4.22. The lowest BCUT2D eigenvalue weighted by molar-refractivity contribution is -0.147. The molecule has 120 valence electrons. The fourth-order valence-corrected chi connectivity index (χ4v) is 3.04. The lowest BCUT2D eigenvalue weighted by atomic mass is 9.97. The molecule has 2 aromatic rings. The first kappa shape index (κ1) is 15.7. The van der Waals surface area contributed by atoms with Gasteiger partial charge in [0.15, 0.2) is 0 Å². The predicted octanol–water partition coefficient (Wildman–Crippen LogP) is 2.65. The maximum Gasteiger partial charge on any atom is 0.323 e. The highest BCUT2D eigenvalue weighted by Crippen LogP contribution is 2.20. The van der Waals surface area contributed by atoms with E-state index in [2.05, 4.69) is 16.4 Å². The third kappa shape index (κ3) is 4.39. The lowest BCUT2D eigenvalue weighted by Gasteiger charge is -2.11. The second kappa shape index (κ2) is 7.38. The van der Waals surface area contributed by atoms with Gasteiger partial charge in [-0.05, 0) is 55.5 Å². The molecule has 4 nitrogen and oxygen atoms in total. The van der Waals surface area contributed by atoms with Crippen LogP contribution in [0.25, 0.3) is 0 Å². The standard InChI is InChI=1S/C19H22N2O2/c1-14-9-16(7-8-20-14)10-17-11-18(21-12-17)19(22)23-13-15-5-3-2-4-6-15/h2-9,17-18,21H,10-13H2,1H3/t17-,18+/m0/s1. The largest absolute Gasteiger partial charge is 0.460 e. The first-order valence-corrected chi connectivity index (χ1v) is 8.06. The average molecular weight is 310 g/mol. The Labute approximate surface area is 136 Å². The van der Waals surface area contributed by atoms with Crippen molar-refractivity contribution in [3.63, 3.8) is 0 Å². The summed E-state index contributed by atoms with van der Waals surface area (Å²) in [7, 11) is 0. The van der Waals surface area contributed by atoms with Crippen LogP contribution in [0.15, 0.2) is 48.7 Å². The molecule has 1 aromatic carbocycles. The summed E-state index contributed by atoms with van der Waals surface area (Å²) in [6, 6.07) is 13.7. The number of hydrogen-bond donors (Lipinski definition) is 1. The molecular formula is C19H22N2O2. The maximum absolute atomic E-state index is 12.2. The molecule has 1 fully saturated rings. The van der Waals surface area contributed by atoms with E-state index in [1.807, 2.05) is 49.5 Å². The molecule has 4 heteroatoms. The minimum atomic E-state index is -0.188. The number of benzene rings is 1. The Morgan fingerprint density at radius 3 is 2.87 bits per heavy atom. The van der Waals surface area contributed by atoms with Crippen LogP contribution in [0.3, 0.4) is 0 Å². The molecule has 0 saturated carbocycles. The number of rotatable bonds is 5. The van der Waals surface area contributed by atoms with Gasteiger partial charge in [0.1, 0.15) is 12.6 Å². The third-order valence-electron chi connectivity index (χ3n) is 4.22. The van der Waals surface area contributed by atoms with E-state index in [9.17, 15) is 4.79 Å².